The quantitative estimate of drug-likeness (QED) is 0.720. The van der Waals surface area contributed by atoms with Crippen molar-refractivity contribution in [3.63, 3.8) is 0 Å². The van der Waals surface area contributed by atoms with Crippen LogP contribution in [0.15, 0.2) is 46.9 Å². The maximum atomic E-state index is 12.0. The molecule has 1 amide bonds. The molecular formula is C19H20BrNO3. The Kier molecular flexibility index (Phi) is 6.44. The predicted octanol–water partition coefficient (Wildman–Crippen LogP) is 4.82. The molecule has 5 heteroatoms. The second-order valence-electron chi connectivity index (χ2n) is 5.13. The van der Waals surface area contributed by atoms with Crippen molar-refractivity contribution in [1.82, 2.24) is 0 Å². The number of hydrogen-bond donors (Lipinski definition) is 1. The Morgan fingerprint density at radius 1 is 1.21 bits per heavy atom. The molecule has 0 spiro atoms. The zero-order valence-corrected chi connectivity index (χ0v) is 15.5. The van der Waals surface area contributed by atoms with Crippen LogP contribution in [0.3, 0.4) is 0 Å². The summed E-state index contributed by atoms with van der Waals surface area (Å²) >= 11 is 3.45. The van der Waals surface area contributed by atoms with Gasteiger partial charge in [-0.05, 0) is 55.3 Å². The van der Waals surface area contributed by atoms with E-state index in [-0.39, 0.29) is 5.91 Å². The standard InChI is InChI=1S/C19H20BrNO3/c1-4-24-17-9-6-14(11-18(17)23-3)7-10-19(22)21-15-8-5-13(2)16(20)12-15/h5-12H,4H2,1-3H3,(H,21,22)/b10-7+. The summed E-state index contributed by atoms with van der Waals surface area (Å²) in [5, 5.41) is 2.83. The molecule has 0 saturated heterocycles. The van der Waals surface area contributed by atoms with Crippen molar-refractivity contribution >= 4 is 33.6 Å². The van der Waals surface area contributed by atoms with Crippen molar-refractivity contribution in [1.29, 1.82) is 0 Å². The Bertz CT molecular complexity index is 756. The first-order valence-electron chi connectivity index (χ1n) is 7.59. The smallest absolute Gasteiger partial charge is 0.248 e. The molecule has 2 rings (SSSR count). The summed E-state index contributed by atoms with van der Waals surface area (Å²) in [4.78, 5) is 12.0. The van der Waals surface area contributed by atoms with Gasteiger partial charge in [-0.1, -0.05) is 28.1 Å². The Labute approximate surface area is 150 Å². The van der Waals surface area contributed by atoms with Gasteiger partial charge in [-0.2, -0.15) is 0 Å². The normalized spacial score (nSPS) is 10.7. The van der Waals surface area contributed by atoms with E-state index in [1.807, 2.05) is 50.2 Å². The van der Waals surface area contributed by atoms with E-state index in [4.69, 9.17) is 9.47 Å². The summed E-state index contributed by atoms with van der Waals surface area (Å²) in [5.74, 6) is 1.13. The Morgan fingerprint density at radius 3 is 2.67 bits per heavy atom. The Morgan fingerprint density at radius 2 is 2.00 bits per heavy atom. The van der Waals surface area contributed by atoms with Gasteiger partial charge in [-0.3, -0.25) is 4.79 Å². The molecule has 126 valence electrons. The zero-order chi connectivity index (χ0) is 17.5. The first kappa shape index (κ1) is 18.1. The number of methoxy groups -OCH3 is 1. The van der Waals surface area contributed by atoms with Crippen molar-refractivity contribution in [2.75, 3.05) is 19.0 Å². The number of aryl methyl sites for hydroxylation is 1. The molecule has 0 bridgehead atoms. The highest BCUT2D eigenvalue weighted by Gasteiger charge is 2.05. The molecule has 0 fully saturated rings. The number of anilines is 1. The number of rotatable bonds is 6. The highest BCUT2D eigenvalue weighted by atomic mass is 79.9. The van der Waals surface area contributed by atoms with Crippen LogP contribution in [0.5, 0.6) is 11.5 Å². The fourth-order valence-corrected chi connectivity index (χ4v) is 2.47. The van der Waals surface area contributed by atoms with Gasteiger partial charge in [-0.15, -0.1) is 0 Å². The lowest BCUT2D eigenvalue weighted by Crippen LogP contribution is -2.07. The van der Waals surface area contributed by atoms with Crippen LogP contribution in [0, 0.1) is 6.92 Å². The van der Waals surface area contributed by atoms with Crippen LogP contribution in [0.25, 0.3) is 6.08 Å². The van der Waals surface area contributed by atoms with Crippen molar-refractivity contribution in [3.05, 3.63) is 58.1 Å². The third-order valence-corrected chi connectivity index (χ3v) is 4.21. The fourth-order valence-electron chi connectivity index (χ4n) is 2.09. The van der Waals surface area contributed by atoms with Crippen LogP contribution >= 0.6 is 15.9 Å². The van der Waals surface area contributed by atoms with E-state index >= 15 is 0 Å². The SMILES string of the molecule is CCOc1ccc(/C=C/C(=O)Nc2ccc(C)c(Br)c2)cc1OC. The third-order valence-electron chi connectivity index (χ3n) is 3.35. The van der Waals surface area contributed by atoms with E-state index < -0.39 is 0 Å². The zero-order valence-electron chi connectivity index (χ0n) is 13.9. The summed E-state index contributed by atoms with van der Waals surface area (Å²) in [6.45, 7) is 4.48. The molecule has 0 aromatic heterocycles. The van der Waals surface area contributed by atoms with E-state index in [9.17, 15) is 4.79 Å². The summed E-state index contributed by atoms with van der Waals surface area (Å²) in [6, 6.07) is 11.2. The van der Waals surface area contributed by atoms with Crippen LogP contribution < -0.4 is 14.8 Å². The van der Waals surface area contributed by atoms with Gasteiger partial charge in [0.25, 0.3) is 0 Å². The fraction of sp³-hybridized carbons (Fsp3) is 0.211. The number of benzene rings is 2. The first-order chi connectivity index (χ1) is 11.5. The molecule has 2 aromatic rings. The summed E-state index contributed by atoms with van der Waals surface area (Å²) in [7, 11) is 1.59. The maximum Gasteiger partial charge on any atom is 0.248 e. The van der Waals surface area contributed by atoms with Gasteiger partial charge in [0.1, 0.15) is 0 Å². The average Bonchev–Trinajstić information content (AvgIpc) is 2.57. The van der Waals surface area contributed by atoms with E-state index in [1.54, 1.807) is 13.2 Å². The topological polar surface area (TPSA) is 47.6 Å². The van der Waals surface area contributed by atoms with E-state index in [0.29, 0.717) is 18.1 Å². The average molecular weight is 390 g/mol. The number of halogens is 1. The monoisotopic (exact) mass is 389 g/mol. The molecule has 0 saturated carbocycles. The maximum absolute atomic E-state index is 12.0. The predicted molar refractivity (Wildman–Crippen MR) is 101 cm³/mol. The molecule has 0 radical (unpaired) electrons. The minimum atomic E-state index is -0.196. The second kappa shape index (κ2) is 8.55. The molecule has 0 aliphatic heterocycles. The van der Waals surface area contributed by atoms with Gasteiger partial charge in [0.2, 0.25) is 5.91 Å². The lowest BCUT2D eigenvalue weighted by molar-refractivity contribution is -0.111. The molecule has 0 heterocycles. The van der Waals surface area contributed by atoms with Gasteiger partial charge < -0.3 is 14.8 Å². The number of amides is 1. The molecule has 0 unspecified atom stereocenters. The van der Waals surface area contributed by atoms with Gasteiger partial charge in [0, 0.05) is 16.2 Å². The largest absolute Gasteiger partial charge is 0.493 e. The molecule has 1 N–H and O–H groups in total. The lowest BCUT2D eigenvalue weighted by atomic mass is 10.2. The van der Waals surface area contributed by atoms with E-state index in [2.05, 4.69) is 21.2 Å². The third kappa shape index (κ3) is 4.86. The summed E-state index contributed by atoms with van der Waals surface area (Å²) in [6.07, 6.45) is 3.22. The van der Waals surface area contributed by atoms with Crippen molar-refractivity contribution < 1.29 is 14.3 Å². The molecule has 4 nitrogen and oxygen atoms in total. The molecule has 0 atom stereocenters. The number of hydrogen-bond acceptors (Lipinski definition) is 3. The first-order valence-corrected chi connectivity index (χ1v) is 8.39. The van der Waals surface area contributed by atoms with E-state index in [1.165, 1.54) is 6.08 Å². The molecule has 2 aromatic carbocycles. The molecule has 0 aliphatic rings. The van der Waals surface area contributed by atoms with Gasteiger partial charge >= 0.3 is 0 Å². The van der Waals surface area contributed by atoms with Crippen molar-refractivity contribution in [2.45, 2.75) is 13.8 Å². The molecule has 24 heavy (non-hydrogen) atoms. The minimum absolute atomic E-state index is 0.196. The Hall–Kier alpha value is -2.27. The van der Waals surface area contributed by atoms with Crippen LogP contribution in [0.2, 0.25) is 0 Å². The van der Waals surface area contributed by atoms with Crippen LogP contribution in [-0.2, 0) is 4.79 Å². The van der Waals surface area contributed by atoms with Gasteiger partial charge in [0.05, 0.1) is 13.7 Å². The van der Waals surface area contributed by atoms with Crippen molar-refractivity contribution in [2.24, 2.45) is 0 Å². The highest BCUT2D eigenvalue weighted by molar-refractivity contribution is 9.10. The number of carbonyl (C=O) groups excluding carboxylic acids is 1. The van der Waals surface area contributed by atoms with E-state index in [0.717, 1.165) is 21.3 Å². The minimum Gasteiger partial charge on any atom is -0.493 e. The number of carbonyl (C=O) groups is 1. The number of ether oxygens (including phenoxy) is 2. The molecular weight excluding hydrogens is 370 g/mol. The highest BCUT2D eigenvalue weighted by Crippen LogP contribution is 2.28. The Balaban J connectivity index is 2.06. The molecule has 0 aliphatic carbocycles. The summed E-state index contributed by atoms with van der Waals surface area (Å²) < 4.78 is 11.7. The second-order valence-corrected chi connectivity index (χ2v) is 5.98. The van der Waals surface area contributed by atoms with Crippen LogP contribution in [0.1, 0.15) is 18.1 Å². The number of nitrogens with one attached hydrogen (secondary N) is 1. The van der Waals surface area contributed by atoms with Crippen LogP contribution in [0.4, 0.5) is 5.69 Å². The lowest BCUT2D eigenvalue weighted by Gasteiger charge is -2.09. The van der Waals surface area contributed by atoms with Gasteiger partial charge in [-0.25, -0.2) is 0 Å². The van der Waals surface area contributed by atoms with Crippen LogP contribution in [-0.4, -0.2) is 19.6 Å². The van der Waals surface area contributed by atoms with Gasteiger partial charge in [0.15, 0.2) is 11.5 Å². The summed E-state index contributed by atoms with van der Waals surface area (Å²) in [5.41, 5.74) is 2.71. The van der Waals surface area contributed by atoms with Crippen molar-refractivity contribution in [3.8, 4) is 11.5 Å².